The number of aryl methyl sites for hydroxylation is 2. The molecule has 0 bridgehead atoms. The Bertz CT molecular complexity index is 1150. The summed E-state index contributed by atoms with van der Waals surface area (Å²) in [5.41, 5.74) is 1.63. The maximum absolute atomic E-state index is 12.6. The van der Waals surface area contributed by atoms with Gasteiger partial charge in [0, 0.05) is 5.69 Å². The number of nitrogens with zero attached hydrogens (tertiary/aromatic N) is 3. The highest BCUT2D eigenvalue weighted by molar-refractivity contribution is 8.00. The zero-order valence-electron chi connectivity index (χ0n) is 15.6. The molecule has 2 aromatic heterocycles. The molecule has 0 saturated heterocycles. The number of benzene rings is 2. The molecular formula is C20H18N4O2S2. The van der Waals surface area contributed by atoms with Gasteiger partial charge in [0.25, 0.3) is 11.1 Å². The van der Waals surface area contributed by atoms with Crippen LogP contribution in [0.3, 0.4) is 0 Å². The van der Waals surface area contributed by atoms with Crippen LogP contribution in [0, 0.1) is 13.8 Å². The van der Waals surface area contributed by atoms with Crippen molar-refractivity contribution in [3.05, 3.63) is 53.2 Å². The first-order chi connectivity index (χ1) is 13.5. The highest BCUT2D eigenvalue weighted by Gasteiger charge is 2.20. The third-order valence-electron chi connectivity index (χ3n) is 4.17. The van der Waals surface area contributed by atoms with Gasteiger partial charge in [0.05, 0.1) is 16.0 Å². The first kappa shape index (κ1) is 18.6. The van der Waals surface area contributed by atoms with Gasteiger partial charge in [-0.3, -0.25) is 4.79 Å². The van der Waals surface area contributed by atoms with Gasteiger partial charge >= 0.3 is 0 Å². The van der Waals surface area contributed by atoms with Gasteiger partial charge in [-0.15, -0.1) is 21.5 Å². The van der Waals surface area contributed by atoms with E-state index >= 15 is 0 Å². The summed E-state index contributed by atoms with van der Waals surface area (Å²) in [6, 6.07) is 13.9. The minimum Gasteiger partial charge on any atom is -0.410 e. The van der Waals surface area contributed by atoms with Crippen LogP contribution in [0.15, 0.2) is 52.1 Å². The van der Waals surface area contributed by atoms with E-state index in [4.69, 9.17) is 4.42 Å². The van der Waals surface area contributed by atoms with E-state index in [0.717, 1.165) is 32.0 Å². The number of amides is 1. The summed E-state index contributed by atoms with van der Waals surface area (Å²) in [5, 5.41) is 14.2. The van der Waals surface area contributed by atoms with Crippen molar-refractivity contribution in [2.75, 3.05) is 5.32 Å². The molecule has 1 amide bonds. The van der Waals surface area contributed by atoms with Crippen molar-refractivity contribution in [2.45, 2.75) is 31.2 Å². The lowest BCUT2D eigenvalue weighted by molar-refractivity contribution is -0.115. The fraction of sp³-hybridized carbons (Fsp3) is 0.200. The van der Waals surface area contributed by atoms with Gasteiger partial charge in [0.1, 0.15) is 4.88 Å². The molecule has 2 aromatic carbocycles. The Morgan fingerprint density at radius 2 is 1.93 bits per heavy atom. The van der Waals surface area contributed by atoms with Crippen molar-refractivity contribution in [1.82, 2.24) is 15.2 Å². The molecule has 2 heterocycles. The Labute approximate surface area is 170 Å². The van der Waals surface area contributed by atoms with Crippen LogP contribution in [0.5, 0.6) is 0 Å². The Balaban J connectivity index is 1.43. The van der Waals surface area contributed by atoms with Crippen LogP contribution in [0.25, 0.3) is 21.5 Å². The van der Waals surface area contributed by atoms with Crippen molar-refractivity contribution in [1.29, 1.82) is 0 Å². The van der Waals surface area contributed by atoms with E-state index in [1.807, 2.05) is 63.2 Å². The van der Waals surface area contributed by atoms with Gasteiger partial charge in [-0.25, -0.2) is 4.98 Å². The van der Waals surface area contributed by atoms with Crippen LogP contribution in [0.1, 0.15) is 17.6 Å². The van der Waals surface area contributed by atoms with Gasteiger partial charge < -0.3 is 9.73 Å². The molecule has 0 spiro atoms. The number of carbonyl (C=O) groups is 1. The summed E-state index contributed by atoms with van der Waals surface area (Å²) in [6.07, 6.45) is 0. The number of hydrogen-bond acceptors (Lipinski definition) is 7. The smallest absolute Gasteiger partial charge is 0.277 e. The lowest BCUT2D eigenvalue weighted by atomic mass is 10.1. The van der Waals surface area contributed by atoms with E-state index < -0.39 is 0 Å². The Kier molecular flexibility index (Phi) is 5.15. The molecule has 0 aliphatic carbocycles. The lowest BCUT2D eigenvalue weighted by Gasteiger charge is -2.10. The van der Waals surface area contributed by atoms with E-state index in [1.165, 1.54) is 23.1 Å². The normalized spacial score (nSPS) is 12.2. The van der Waals surface area contributed by atoms with Crippen LogP contribution in [-0.2, 0) is 4.79 Å². The molecule has 0 aliphatic rings. The topological polar surface area (TPSA) is 80.9 Å². The van der Waals surface area contributed by atoms with E-state index in [2.05, 4.69) is 20.5 Å². The van der Waals surface area contributed by atoms with Crippen LogP contribution >= 0.6 is 23.1 Å². The van der Waals surface area contributed by atoms with Crippen molar-refractivity contribution in [3.8, 4) is 10.8 Å². The summed E-state index contributed by atoms with van der Waals surface area (Å²) in [5.74, 6) is 0.317. The molecule has 0 radical (unpaired) electrons. The standard InChI is InChI=1S/C20H18N4O2S2/c1-11-17(28-13(3)21-11)19-23-24-20(26-19)27-12(2)18(25)22-16-9-8-14-6-4-5-7-15(14)10-16/h4-10,12H,1-3H3,(H,22,25). The Morgan fingerprint density at radius 1 is 1.14 bits per heavy atom. The SMILES string of the molecule is Cc1nc(C)c(-c2nnc(SC(C)C(=O)Nc3ccc4ccccc4c3)o2)s1. The third kappa shape index (κ3) is 3.93. The molecule has 4 aromatic rings. The third-order valence-corrected chi connectivity index (χ3v) is 6.16. The van der Waals surface area contributed by atoms with Gasteiger partial charge in [0.2, 0.25) is 5.91 Å². The highest BCUT2D eigenvalue weighted by Crippen LogP contribution is 2.32. The fourth-order valence-corrected chi connectivity index (χ4v) is 4.32. The number of anilines is 1. The molecule has 0 saturated carbocycles. The second-order valence-electron chi connectivity index (χ2n) is 6.33. The highest BCUT2D eigenvalue weighted by atomic mass is 32.2. The number of hydrogen-bond donors (Lipinski definition) is 1. The second kappa shape index (κ2) is 7.73. The number of nitrogens with one attached hydrogen (secondary N) is 1. The van der Waals surface area contributed by atoms with Gasteiger partial charge in [0.15, 0.2) is 0 Å². The van der Waals surface area contributed by atoms with Crippen LogP contribution in [0.2, 0.25) is 0 Å². The maximum Gasteiger partial charge on any atom is 0.277 e. The molecule has 0 fully saturated rings. The second-order valence-corrected chi connectivity index (χ2v) is 8.83. The van der Waals surface area contributed by atoms with Crippen LogP contribution in [0.4, 0.5) is 5.69 Å². The number of aromatic nitrogens is 3. The van der Waals surface area contributed by atoms with Crippen molar-refractivity contribution >= 4 is 45.5 Å². The first-order valence-corrected chi connectivity index (χ1v) is 10.4. The van der Waals surface area contributed by atoms with Crippen molar-refractivity contribution in [2.24, 2.45) is 0 Å². The average Bonchev–Trinajstić information content (AvgIpc) is 3.27. The quantitative estimate of drug-likeness (QED) is 0.462. The van der Waals surface area contributed by atoms with Crippen LogP contribution < -0.4 is 5.32 Å². The minimum atomic E-state index is -0.385. The molecule has 1 atom stereocenters. The minimum absolute atomic E-state index is 0.121. The molecule has 1 N–H and O–H groups in total. The molecule has 142 valence electrons. The predicted octanol–water partition coefficient (Wildman–Crippen LogP) is 5.08. The number of carbonyl (C=O) groups excluding carboxylic acids is 1. The van der Waals surface area contributed by atoms with Gasteiger partial charge in [-0.2, -0.15) is 0 Å². The Morgan fingerprint density at radius 3 is 2.68 bits per heavy atom. The van der Waals surface area contributed by atoms with Crippen molar-refractivity contribution in [3.63, 3.8) is 0 Å². The van der Waals surface area contributed by atoms with Crippen LogP contribution in [-0.4, -0.2) is 26.3 Å². The predicted molar refractivity (Wildman–Crippen MR) is 113 cm³/mol. The number of thioether (sulfide) groups is 1. The summed E-state index contributed by atoms with van der Waals surface area (Å²) < 4.78 is 5.72. The molecular weight excluding hydrogens is 392 g/mol. The zero-order valence-corrected chi connectivity index (χ0v) is 17.2. The van der Waals surface area contributed by atoms with E-state index in [-0.39, 0.29) is 11.2 Å². The monoisotopic (exact) mass is 410 g/mol. The molecule has 8 heteroatoms. The summed E-state index contributed by atoms with van der Waals surface area (Å²) in [4.78, 5) is 17.8. The van der Waals surface area contributed by atoms with Crippen molar-refractivity contribution < 1.29 is 9.21 Å². The molecule has 28 heavy (non-hydrogen) atoms. The molecule has 6 nitrogen and oxygen atoms in total. The average molecular weight is 411 g/mol. The number of fused-ring (bicyclic) bond motifs is 1. The van der Waals surface area contributed by atoms with E-state index in [0.29, 0.717) is 11.1 Å². The summed E-state index contributed by atoms with van der Waals surface area (Å²) in [6.45, 7) is 5.66. The number of thiazole rings is 1. The zero-order chi connectivity index (χ0) is 19.7. The number of rotatable bonds is 5. The fourth-order valence-electron chi connectivity index (χ4n) is 2.79. The largest absolute Gasteiger partial charge is 0.410 e. The summed E-state index contributed by atoms with van der Waals surface area (Å²) in [7, 11) is 0. The summed E-state index contributed by atoms with van der Waals surface area (Å²) >= 11 is 2.75. The van der Waals surface area contributed by atoms with Gasteiger partial charge in [-0.1, -0.05) is 42.1 Å². The van der Waals surface area contributed by atoms with E-state index in [1.54, 1.807) is 0 Å². The Hall–Kier alpha value is -2.71. The lowest BCUT2D eigenvalue weighted by Crippen LogP contribution is -2.22. The molecule has 4 rings (SSSR count). The van der Waals surface area contributed by atoms with E-state index in [9.17, 15) is 4.79 Å². The van der Waals surface area contributed by atoms with Gasteiger partial charge in [-0.05, 0) is 43.7 Å². The molecule has 0 aliphatic heterocycles. The molecule has 1 unspecified atom stereocenters. The maximum atomic E-state index is 12.6. The first-order valence-electron chi connectivity index (χ1n) is 8.74.